The topological polar surface area (TPSA) is 62.1 Å². The summed E-state index contributed by atoms with van der Waals surface area (Å²) in [5.74, 6) is 1.16. The van der Waals surface area contributed by atoms with Gasteiger partial charge in [0.1, 0.15) is 11.3 Å². The van der Waals surface area contributed by atoms with E-state index in [2.05, 4.69) is 11.4 Å². The van der Waals surface area contributed by atoms with Crippen LogP contribution in [0, 0.1) is 17.2 Å². The Balaban J connectivity index is 2.00. The van der Waals surface area contributed by atoms with Crippen LogP contribution in [0.25, 0.3) is 0 Å². The molecule has 2 rings (SSSR count). The molecule has 1 heterocycles. The lowest BCUT2D eigenvalue weighted by Gasteiger charge is -2.25. The number of amides is 1. The molecule has 112 valence electrons. The van der Waals surface area contributed by atoms with Gasteiger partial charge in [0.05, 0.1) is 19.1 Å². The first-order valence-corrected chi connectivity index (χ1v) is 7.39. The number of carbonyl (C=O) groups is 1. The van der Waals surface area contributed by atoms with Crippen LogP contribution in [0.3, 0.4) is 0 Å². The van der Waals surface area contributed by atoms with E-state index in [9.17, 15) is 10.1 Å². The molecule has 0 unspecified atom stereocenters. The van der Waals surface area contributed by atoms with Crippen LogP contribution in [0.2, 0.25) is 0 Å². The summed E-state index contributed by atoms with van der Waals surface area (Å²) in [5, 5.41) is 12.2. The number of fused-ring (bicyclic) bond motifs is 1. The molecule has 0 spiro atoms. The lowest BCUT2D eigenvalue weighted by atomic mass is 9.92. The van der Waals surface area contributed by atoms with Crippen molar-refractivity contribution in [2.45, 2.75) is 45.6 Å². The van der Waals surface area contributed by atoms with Crippen molar-refractivity contribution in [2.75, 3.05) is 6.61 Å². The average Bonchev–Trinajstić information content (AvgIpc) is 2.84. The van der Waals surface area contributed by atoms with E-state index in [0.29, 0.717) is 25.4 Å². The van der Waals surface area contributed by atoms with Crippen molar-refractivity contribution in [2.24, 2.45) is 5.92 Å². The minimum Gasteiger partial charge on any atom is -0.493 e. The highest BCUT2D eigenvalue weighted by atomic mass is 16.5. The Morgan fingerprint density at radius 1 is 1.52 bits per heavy atom. The van der Waals surface area contributed by atoms with E-state index in [0.717, 1.165) is 23.3 Å². The van der Waals surface area contributed by atoms with Gasteiger partial charge in [-0.05, 0) is 36.5 Å². The fourth-order valence-electron chi connectivity index (χ4n) is 2.83. The Bertz CT molecular complexity index is 575. The van der Waals surface area contributed by atoms with E-state index >= 15 is 0 Å². The van der Waals surface area contributed by atoms with Crippen molar-refractivity contribution in [1.29, 1.82) is 5.26 Å². The molecule has 4 heteroatoms. The smallest absolute Gasteiger partial charge is 0.225 e. The average molecular weight is 286 g/mol. The summed E-state index contributed by atoms with van der Waals surface area (Å²) >= 11 is 0. The lowest BCUT2D eigenvalue weighted by Crippen LogP contribution is -2.46. The van der Waals surface area contributed by atoms with Gasteiger partial charge in [0.25, 0.3) is 0 Å². The molecule has 0 radical (unpaired) electrons. The van der Waals surface area contributed by atoms with E-state index in [-0.39, 0.29) is 5.91 Å². The maximum absolute atomic E-state index is 12.2. The normalized spacial score (nSPS) is 15.8. The number of nitriles is 1. The SMILES string of the molecule is CC(C)C[C@](C)(C#N)NC(=O)Cc1ccc2c(c1)CCO2. The highest BCUT2D eigenvalue weighted by molar-refractivity contribution is 5.79. The number of rotatable bonds is 5. The third-order valence-corrected chi connectivity index (χ3v) is 3.60. The second-order valence-electron chi connectivity index (χ2n) is 6.31. The molecular weight excluding hydrogens is 264 g/mol. The zero-order valence-electron chi connectivity index (χ0n) is 12.9. The van der Waals surface area contributed by atoms with E-state index < -0.39 is 5.54 Å². The van der Waals surface area contributed by atoms with Gasteiger partial charge in [-0.15, -0.1) is 0 Å². The molecule has 1 aromatic rings. The van der Waals surface area contributed by atoms with Crippen LogP contribution in [0.1, 0.15) is 38.3 Å². The van der Waals surface area contributed by atoms with Crippen LogP contribution in [0.5, 0.6) is 5.75 Å². The Hall–Kier alpha value is -2.02. The number of nitrogens with one attached hydrogen (secondary N) is 1. The molecule has 0 aliphatic carbocycles. The first-order valence-electron chi connectivity index (χ1n) is 7.39. The first kappa shape index (κ1) is 15.4. The van der Waals surface area contributed by atoms with Crippen LogP contribution in [0.4, 0.5) is 0 Å². The molecule has 1 aromatic carbocycles. The molecule has 4 nitrogen and oxygen atoms in total. The lowest BCUT2D eigenvalue weighted by molar-refractivity contribution is -0.121. The monoisotopic (exact) mass is 286 g/mol. The van der Waals surface area contributed by atoms with Gasteiger partial charge in [0.2, 0.25) is 5.91 Å². The minimum atomic E-state index is -0.801. The number of benzene rings is 1. The molecule has 1 amide bonds. The Morgan fingerprint density at radius 2 is 2.29 bits per heavy atom. The summed E-state index contributed by atoms with van der Waals surface area (Å²) in [5.41, 5.74) is 1.32. The van der Waals surface area contributed by atoms with Crippen molar-refractivity contribution in [3.05, 3.63) is 29.3 Å². The highest BCUT2D eigenvalue weighted by Gasteiger charge is 2.27. The predicted octanol–water partition coefficient (Wildman–Crippen LogP) is 2.61. The van der Waals surface area contributed by atoms with Gasteiger partial charge in [-0.25, -0.2) is 0 Å². The van der Waals surface area contributed by atoms with Gasteiger partial charge in [-0.1, -0.05) is 26.0 Å². The molecule has 21 heavy (non-hydrogen) atoms. The van der Waals surface area contributed by atoms with Crippen LogP contribution in [0.15, 0.2) is 18.2 Å². The van der Waals surface area contributed by atoms with Gasteiger partial charge >= 0.3 is 0 Å². The number of hydrogen-bond acceptors (Lipinski definition) is 3. The van der Waals surface area contributed by atoms with E-state index in [1.54, 1.807) is 6.92 Å². The number of nitrogens with zero attached hydrogens (tertiary/aromatic N) is 1. The molecule has 0 saturated heterocycles. The van der Waals surface area contributed by atoms with E-state index in [1.807, 2.05) is 32.0 Å². The van der Waals surface area contributed by atoms with Gasteiger partial charge in [-0.2, -0.15) is 5.26 Å². The van der Waals surface area contributed by atoms with Gasteiger partial charge in [0.15, 0.2) is 0 Å². The van der Waals surface area contributed by atoms with Gasteiger partial charge in [-0.3, -0.25) is 4.79 Å². The number of ether oxygens (including phenoxy) is 1. The highest BCUT2D eigenvalue weighted by Crippen LogP contribution is 2.26. The Morgan fingerprint density at radius 3 is 2.95 bits per heavy atom. The first-order chi connectivity index (χ1) is 9.92. The maximum atomic E-state index is 12.2. The van der Waals surface area contributed by atoms with Crippen LogP contribution in [-0.2, 0) is 17.6 Å². The standard InChI is InChI=1S/C17H22N2O2/c1-12(2)10-17(3,11-18)19-16(20)9-13-4-5-15-14(8-13)6-7-21-15/h4-5,8,12H,6-7,9-10H2,1-3H3,(H,19,20)/t17-/m1/s1. The predicted molar refractivity (Wildman–Crippen MR) is 81.0 cm³/mol. The quantitative estimate of drug-likeness (QED) is 0.905. The summed E-state index contributed by atoms with van der Waals surface area (Å²) in [4.78, 5) is 12.2. The second kappa shape index (κ2) is 6.17. The maximum Gasteiger partial charge on any atom is 0.225 e. The third-order valence-electron chi connectivity index (χ3n) is 3.60. The summed E-state index contributed by atoms with van der Waals surface area (Å²) < 4.78 is 5.46. The fourth-order valence-corrected chi connectivity index (χ4v) is 2.83. The van der Waals surface area contributed by atoms with Crippen LogP contribution in [-0.4, -0.2) is 18.1 Å². The second-order valence-corrected chi connectivity index (χ2v) is 6.31. The van der Waals surface area contributed by atoms with E-state index in [1.165, 1.54) is 0 Å². The zero-order valence-corrected chi connectivity index (χ0v) is 12.9. The van der Waals surface area contributed by atoms with E-state index in [4.69, 9.17) is 4.74 Å². The van der Waals surface area contributed by atoms with Crippen molar-refractivity contribution in [1.82, 2.24) is 5.32 Å². The van der Waals surface area contributed by atoms with Crippen molar-refractivity contribution < 1.29 is 9.53 Å². The summed E-state index contributed by atoms with van der Waals surface area (Å²) in [7, 11) is 0. The van der Waals surface area contributed by atoms with Crippen molar-refractivity contribution in [3.8, 4) is 11.8 Å². The van der Waals surface area contributed by atoms with Gasteiger partial charge in [0, 0.05) is 6.42 Å². The molecule has 1 atom stereocenters. The molecule has 0 aromatic heterocycles. The molecule has 1 N–H and O–H groups in total. The largest absolute Gasteiger partial charge is 0.493 e. The molecular formula is C17H22N2O2. The summed E-state index contributed by atoms with van der Waals surface area (Å²) in [6, 6.07) is 8.07. The fraction of sp³-hybridized carbons (Fsp3) is 0.529. The Labute approximate surface area is 126 Å². The molecule has 0 fully saturated rings. The number of carbonyl (C=O) groups excluding carboxylic acids is 1. The zero-order chi connectivity index (χ0) is 15.5. The van der Waals surface area contributed by atoms with Crippen molar-refractivity contribution >= 4 is 5.91 Å². The summed E-state index contributed by atoms with van der Waals surface area (Å²) in [6.45, 7) is 6.58. The molecule has 0 saturated carbocycles. The number of hydrogen-bond donors (Lipinski definition) is 1. The molecule has 0 bridgehead atoms. The van der Waals surface area contributed by atoms with Crippen LogP contribution >= 0.6 is 0 Å². The minimum absolute atomic E-state index is 0.112. The molecule has 1 aliphatic heterocycles. The van der Waals surface area contributed by atoms with Gasteiger partial charge < -0.3 is 10.1 Å². The van der Waals surface area contributed by atoms with Crippen LogP contribution < -0.4 is 10.1 Å². The van der Waals surface area contributed by atoms with Crippen molar-refractivity contribution in [3.63, 3.8) is 0 Å². The summed E-state index contributed by atoms with van der Waals surface area (Å²) in [6.07, 6.45) is 1.84. The molecule has 1 aliphatic rings. The Kier molecular flexibility index (Phi) is 4.52. The third kappa shape index (κ3) is 3.98.